The highest BCUT2D eigenvalue weighted by Gasteiger charge is 2.23. The molecule has 1 aromatic rings. The smallest absolute Gasteiger partial charge is 0.215 e. The molecule has 0 saturated carbocycles. The van der Waals surface area contributed by atoms with E-state index >= 15 is 0 Å². The molecule has 1 saturated heterocycles. The quantitative estimate of drug-likeness (QED) is 0.530. The van der Waals surface area contributed by atoms with Gasteiger partial charge in [-0.05, 0) is 36.6 Å². The van der Waals surface area contributed by atoms with Crippen LogP contribution in [0.3, 0.4) is 0 Å². The highest BCUT2D eigenvalue weighted by molar-refractivity contribution is 7.99. The minimum Gasteiger partial charge on any atom is -0.356 e. The lowest BCUT2D eigenvalue weighted by Crippen LogP contribution is -2.44. The third-order valence-corrected chi connectivity index (χ3v) is 7.05. The van der Waals surface area contributed by atoms with Gasteiger partial charge in [-0.1, -0.05) is 6.07 Å². The van der Waals surface area contributed by atoms with Crippen LogP contribution < -0.4 is 10.6 Å². The van der Waals surface area contributed by atoms with Crippen LogP contribution in [0.4, 0.5) is 4.39 Å². The molecule has 0 amide bonds. The van der Waals surface area contributed by atoms with Crippen LogP contribution in [0.2, 0.25) is 0 Å². The van der Waals surface area contributed by atoms with Crippen molar-refractivity contribution in [1.82, 2.24) is 14.9 Å². The summed E-state index contributed by atoms with van der Waals surface area (Å²) in [5.41, 5.74) is 1.99. The number of hydrogen-bond acceptors (Lipinski definition) is 4. The molecule has 1 heterocycles. The summed E-state index contributed by atoms with van der Waals surface area (Å²) in [5, 5.41) is 6.20. The highest BCUT2D eigenvalue weighted by Crippen LogP contribution is 2.13. The Balaban J connectivity index is 1.73. The van der Waals surface area contributed by atoms with Gasteiger partial charge in [-0.3, -0.25) is 4.99 Å². The molecule has 0 radical (unpaired) electrons. The Morgan fingerprint density at radius 3 is 2.62 bits per heavy atom. The van der Waals surface area contributed by atoms with Gasteiger partial charge < -0.3 is 10.6 Å². The van der Waals surface area contributed by atoms with Crippen molar-refractivity contribution in [3.05, 3.63) is 35.1 Å². The Morgan fingerprint density at radius 2 is 1.96 bits per heavy atom. The van der Waals surface area contributed by atoms with Gasteiger partial charge in [-0.25, -0.2) is 17.1 Å². The first kappa shape index (κ1) is 21.0. The number of benzene rings is 1. The molecule has 6 nitrogen and oxygen atoms in total. The molecule has 0 aromatic heterocycles. The van der Waals surface area contributed by atoms with E-state index in [1.165, 1.54) is 12.1 Å². The van der Waals surface area contributed by atoms with Crippen LogP contribution in [0, 0.1) is 12.7 Å². The van der Waals surface area contributed by atoms with Gasteiger partial charge in [-0.15, -0.1) is 0 Å². The normalized spacial score (nSPS) is 16.5. The number of aliphatic imine (C=N–C) groups is 1. The fraction of sp³-hybridized carbons (Fsp3) is 0.588. The van der Waals surface area contributed by atoms with E-state index in [0.29, 0.717) is 32.1 Å². The summed E-state index contributed by atoms with van der Waals surface area (Å²) >= 11 is 1.78. The van der Waals surface area contributed by atoms with Gasteiger partial charge in [-0.2, -0.15) is 11.8 Å². The lowest BCUT2D eigenvalue weighted by Gasteiger charge is -2.25. The van der Waals surface area contributed by atoms with Gasteiger partial charge in [0.05, 0.1) is 5.75 Å². The van der Waals surface area contributed by atoms with Crippen molar-refractivity contribution in [2.24, 2.45) is 4.99 Å². The van der Waals surface area contributed by atoms with Gasteiger partial charge in [0.25, 0.3) is 0 Å². The van der Waals surface area contributed by atoms with Crippen molar-refractivity contribution in [3.8, 4) is 0 Å². The third kappa shape index (κ3) is 6.44. The van der Waals surface area contributed by atoms with Crippen molar-refractivity contribution < 1.29 is 12.8 Å². The molecule has 9 heteroatoms. The van der Waals surface area contributed by atoms with Crippen molar-refractivity contribution in [2.75, 3.05) is 50.5 Å². The molecule has 1 aliphatic heterocycles. The second-order valence-corrected chi connectivity index (χ2v) is 9.39. The van der Waals surface area contributed by atoms with E-state index in [2.05, 4.69) is 15.6 Å². The maximum Gasteiger partial charge on any atom is 0.215 e. The fourth-order valence-corrected chi connectivity index (χ4v) is 5.22. The topological polar surface area (TPSA) is 73.8 Å². The molecule has 2 rings (SSSR count). The maximum absolute atomic E-state index is 13.1. The van der Waals surface area contributed by atoms with Gasteiger partial charge in [0, 0.05) is 44.7 Å². The molecule has 1 aromatic carbocycles. The summed E-state index contributed by atoms with van der Waals surface area (Å²) in [4.78, 5) is 4.11. The van der Waals surface area contributed by atoms with E-state index in [1.807, 2.05) is 6.92 Å². The Hall–Kier alpha value is -1.32. The molecule has 146 valence electrons. The Bertz CT molecular complexity index is 719. The van der Waals surface area contributed by atoms with Crippen LogP contribution in [-0.2, 0) is 16.4 Å². The first-order valence-electron chi connectivity index (χ1n) is 8.67. The first-order valence-corrected chi connectivity index (χ1v) is 11.4. The Morgan fingerprint density at radius 1 is 1.27 bits per heavy atom. The van der Waals surface area contributed by atoms with E-state index in [9.17, 15) is 12.8 Å². The van der Waals surface area contributed by atoms with Crippen molar-refractivity contribution in [1.29, 1.82) is 0 Å². The third-order valence-electron chi connectivity index (χ3n) is 4.23. The van der Waals surface area contributed by atoms with Gasteiger partial charge in [0.2, 0.25) is 10.0 Å². The van der Waals surface area contributed by atoms with E-state index in [4.69, 9.17) is 0 Å². The minimum absolute atomic E-state index is 0.0510. The average Bonchev–Trinajstić information content (AvgIpc) is 2.62. The monoisotopic (exact) mass is 402 g/mol. The summed E-state index contributed by atoms with van der Waals surface area (Å²) in [5.74, 6) is 2.10. The zero-order valence-electron chi connectivity index (χ0n) is 15.3. The largest absolute Gasteiger partial charge is 0.356 e. The van der Waals surface area contributed by atoms with E-state index < -0.39 is 10.0 Å². The number of rotatable bonds is 7. The highest BCUT2D eigenvalue weighted by atomic mass is 32.2. The maximum atomic E-state index is 13.1. The van der Waals surface area contributed by atoms with Crippen molar-refractivity contribution in [3.63, 3.8) is 0 Å². The van der Waals surface area contributed by atoms with Crippen LogP contribution in [0.5, 0.6) is 0 Å². The second-order valence-electron chi connectivity index (χ2n) is 6.07. The number of halogens is 1. The van der Waals surface area contributed by atoms with Crippen LogP contribution >= 0.6 is 11.8 Å². The summed E-state index contributed by atoms with van der Waals surface area (Å²) in [6, 6.07) is 4.76. The summed E-state index contributed by atoms with van der Waals surface area (Å²) in [6.07, 6.45) is 0.733. The molecule has 0 aliphatic carbocycles. The minimum atomic E-state index is -3.22. The molecular formula is C17H27FN4O2S2. The Labute approximate surface area is 159 Å². The van der Waals surface area contributed by atoms with Crippen molar-refractivity contribution in [2.45, 2.75) is 13.3 Å². The van der Waals surface area contributed by atoms with E-state index in [0.717, 1.165) is 29.1 Å². The van der Waals surface area contributed by atoms with Gasteiger partial charge >= 0.3 is 0 Å². The summed E-state index contributed by atoms with van der Waals surface area (Å²) in [6.45, 7) is 4.01. The zero-order valence-corrected chi connectivity index (χ0v) is 16.9. The summed E-state index contributed by atoms with van der Waals surface area (Å²) in [7, 11) is -1.57. The lowest BCUT2D eigenvalue weighted by atomic mass is 10.1. The van der Waals surface area contributed by atoms with Crippen LogP contribution in [0.1, 0.15) is 11.1 Å². The molecule has 1 fully saturated rings. The standard InChI is InChI=1S/C17H27FN4O2S2/c1-14-13-16(18)4-3-15(14)5-6-20-17(19-2)21-7-12-26(23,24)22-8-10-25-11-9-22/h3-4,13H,5-12H2,1-2H3,(H2,19,20,21). The SMILES string of the molecule is CN=C(NCCc1ccc(F)cc1C)NCCS(=O)(=O)N1CCSCC1. The number of guanidine groups is 1. The number of sulfonamides is 1. The predicted molar refractivity (Wildman–Crippen MR) is 107 cm³/mol. The molecule has 0 unspecified atom stereocenters. The van der Waals surface area contributed by atoms with E-state index in [1.54, 1.807) is 29.2 Å². The number of nitrogens with zero attached hydrogens (tertiary/aromatic N) is 2. The zero-order chi connectivity index (χ0) is 19.0. The van der Waals surface area contributed by atoms with E-state index in [-0.39, 0.29) is 11.6 Å². The average molecular weight is 403 g/mol. The van der Waals surface area contributed by atoms with Crippen LogP contribution in [-0.4, -0.2) is 69.2 Å². The molecule has 0 atom stereocenters. The molecule has 0 spiro atoms. The lowest BCUT2D eigenvalue weighted by molar-refractivity contribution is 0.443. The van der Waals surface area contributed by atoms with Gasteiger partial charge in [0.15, 0.2) is 5.96 Å². The first-order chi connectivity index (χ1) is 12.4. The molecular weight excluding hydrogens is 375 g/mol. The molecule has 0 bridgehead atoms. The number of nitrogens with one attached hydrogen (secondary N) is 2. The number of aryl methyl sites for hydroxylation is 1. The van der Waals surface area contributed by atoms with Gasteiger partial charge in [0.1, 0.15) is 5.82 Å². The van der Waals surface area contributed by atoms with Crippen LogP contribution in [0.15, 0.2) is 23.2 Å². The molecule has 1 aliphatic rings. The molecule has 2 N–H and O–H groups in total. The number of hydrogen-bond donors (Lipinski definition) is 2. The summed E-state index contributed by atoms with van der Waals surface area (Å²) < 4.78 is 39.3. The van der Waals surface area contributed by atoms with Crippen molar-refractivity contribution >= 4 is 27.7 Å². The second kappa shape index (κ2) is 10.1. The fourth-order valence-electron chi connectivity index (χ4n) is 2.73. The molecule has 26 heavy (non-hydrogen) atoms. The Kier molecular flexibility index (Phi) is 8.17. The number of thioether (sulfide) groups is 1. The predicted octanol–water partition coefficient (Wildman–Crippen LogP) is 1.22. The van der Waals surface area contributed by atoms with Crippen LogP contribution in [0.25, 0.3) is 0 Å².